The van der Waals surface area contributed by atoms with E-state index in [9.17, 15) is 0 Å². The van der Waals surface area contributed by atoms with E-state index in [0.29, 0.717) is 12.5 Å². The van der Waals surface area contributed by atoms with E-state index in [0.717, 1.165) is 51.7 Å². The molecule has 128 valence electrons. The molecule has 22 heavy (non-hydrogen) atoms. The van der Waals surface area contributed by atoms with Crippen molar-refractivity contribution in [3.05, 3.63) is 12.2 Å². The Bertz CT molecular complexity index is 342. The fourth-order valence-corrected chi connectivity index (χ4v) is 2.55. The minimum Gasteiger partial charge on any atom is -0.374 e. The predicted molar refractivity (Wildman–Crippen MR) is 94.4 cm³/mol. The van der Waals surface area contributed by atoms with Crippen LogP contribution in [0.5, 0.6) is 0 Å². The summed E-state index contributed by atoms with van der Waals surface area (Å²) in [7, 11) is 0. The molecule has 0 aromatic carbocycles. The maximum Gasteiger partial charge on any atom is 0.191 e. The van der Waals surface area contributed by atoms with Crippen molar-refractivity contribution in [3.8, 4) is 0 Å². The van der Waals surface area contributed by atoms with Gasteiger partial charge in [-0.25, -0.2) is 0 Å². The summed E-state index contributed by atoms with van der Waals surface area (Å²) in [6.45, 7) is 15.1. The van der Waals surface area contributed by atoms with Crippen LogP contribution < -0.4 is 10.6 Å². The van der Waals surface area contributed by atoms with Gasteiger partial charge in [-0.1, -0.05) is 26.0 Å². The fourth-order valence-electron chi connectivity index (χ4n) is 2.55. The standard InChI is InChI=1S/C17H34N4O/c1-5-7-8-9-19-17(18-6-2)20-12-16-14-21(10-11-22-16)13-15(3)4/h5,7,15-16H,6,8-14H2,1-4H3,(H2,18,19,20). The summed E-state index contributed by atoms with van der Waals surface area (Å²) in [6.07, 6.45) is 5.46. The van der Waals surface area contributed by atoms with Gasteiger partial charge >= 0.3 is 0 Å². The molecule has 0 spiro atoms. The zero-order valence-corrected chi connectivity index (χ0v) is 14.8. The maximum absolute atomic E-state index is 5.85. The van der Waals surface area contributed by atoms with E-state index < -0.39 is 0 Å². The van der Waals surface area contributed by atoms with Crippen molar-refractivity contribution in [2.75, 3.05) is 45.9 Å². The summed E-state index contributed by atoms with van der Waals surface area (Å²) in [5.74, 6) is 1.59. The third-order valence-electron chi connectivity index (χ3n) is 3.48. The lowest BCUT2D eigenvalue weighted by Gasteiger charge is -2.33. The average Bonchev–Trinajstić information content (AvgIpc) is 2.49. The van der Waals surface area contributed by atoms with Gasteiger partial charge in [0.2, 0.25) is 0 Å². The number of allylic oxidation sites excluding steroid dienone is 1. The number of nitrogens with zero attached hydrogens (tertiary/aromatic N) is 2. The molecule has 1 heterocycles. The molecule has 0 aliphatic carbocycles. The quantitative estimate of drug-likeness (QED) is 0.311. The Labute approximate surface area is 136 Å². The minimum atomic E-state index is 0.207. The summed E-state index contributed by atoms with van der Waals surface area (Å²) in [5, 5.41) is 6.65. The Kier molecular flexibility index (Phi) is 9.91. The van der Waals surface area contributed by atoms with Crippen molar-refractivity contribution < 1.29 is 4.74 Å². The summed E-state index contributed by atoms with van der Waals surface area (Å²) < 4.78 is 5.85. The van der Waals surface area contributed by atoms with E-state index in [1.165, 1.54) is 0 Å². The molecule has 0 radical (unpaired) electrons. The highest BCUT2D eigenvalue weighted by Gasteiger charge is 2.20. The zero-order chi connectivity index (χ0) is 16.2. The number of aliphatic imine (C=N–C) groups is 1. The first-order valence-electron chi connectivity index (χ1n) is 8.63. The molecule has 1 unspecified atom stereocenters. The molecule has 2 N–H and O–H groups in total. The molecule has 0 saturated carbocycles. The van der Waals surface area contributed by atoms with Crippen LogP contribution in [0.2, 0.25) is 0 Å². The minimum absolute atomic E-state index is 0.207. The van der Waals surface area contributed by atoms with Crippen LogP contribution >= 0.6 is 0 Å². The van der Waals surface area contributed by atoms with Gasteiger partial charge in [0.25, 0.3) is 0 Å². The first-order valence-corrected chi connectivity index (χ1v) is 8.63. The molecule has 1 saturated heterocycles. The second-order valence-corrected chi connectivity index (χ2v) is 6.15. The number of morpholine rings is 1. The van der Waals surface area contributed by atoms with Crippen LogP contribution in [0.25, 0.3) is 0 Å². The molecule has 1 aliphatic rings. The number of ether oxygens (including phenoxy) is 1. The smallest absolute Gasteiger partial charge is 0.191 e. The SMILES string of the molecule is CC=CCCNC(=NCC1CN(CC(C)C)CCO1)NCC. The summed E-state index contributed by atoms with van der Waals surface area (Å²) >= 11 is 0. The Morgan fingerprint density at radius 3 is 2.91 bits per heavy atom. The van der Waals surface area contributed by atoms with Gasteiger partial charge in [0.05, 0.1) is 19.3 Å². The Balaban J connectivity index is 2.39. The monoisotopic (exact) mass is 310 g/mol. The second kappa shape index (κ2) is 11.5. The van der Waals surface area contributed by atoms with Gasteiger partial charge < -0.3 is 15.4 Å². The van der Waals surface area contributed by atoms with Crippen molar-refractivity contribution in [1.82, 2.24) is 15.5 Å². The largest absolute Gasteiger partial charge is 0.374 e. The van der Waals surface area contributed by atoms with E-state index in [-0.39, 0.29) is 6.10 Å². The Hall–Kier alpha value is -1.07. The molecule has 0 aromatic heterocycles. The molecule has 0 bridgehead atoms. The zero-order valence-electron chi connectivity index (χ0n) is 14.8. The van der Waals surface area contributed by atoms with Gasteiger partial charge in [-0.2, -0.15) is 0 Å². The predicted octanol–water partition coefficient (Wildman–Crippen LogP) is 1.86. The van der Waals surface area contributed by atoms with Crippen molar-refractivity contribution in [2.24, 2.45) is 10.9 Å². The molecular weight excluding hydrogens is 276 g/mol. The number of hydrogen-bond donors (Lipinski definition) is 2. The van der Waals surface area contributed by atoms with Crippen molar-refractivity contribution >= 4 is 5.96 Å². The van der Waals surface area contributed by atoms with Crippen LogP contribution in [0.3, 0.4) is 0 Å². The van der Waals surface area contributed by atoms with Crippen molar-refractivity contribution in [3.63, 3.8) is 0 Å². The molecule has 5 nitrogen and oxygen atoms in total. The van der Waals surface area contributed by atoms with Crippen LogP contribution in [0.15, 0.2) is 17.1 Å². The van der Waals surface area contributed by atoms with Crippen LogP contribution in [0.1, 0.15) is 34.1 Å². The van der Waals surface area contributed by atoms with Gasteiger partial charge in [-0.05, 0) is 26.2 Å². The van der Waals surface area contributed by atoms with E-state index in [1.807, 2.05) is 6.92 Å². The summed E-state index contributed by atoms with van der Waals surface area (Å²) in [4.78, 5) is 7.15. The van der Waals surface area contributed by atoms with Crippen molar-refractivity contribution in [1.29, 1.82) is 0 Å². The second-order valence-electron chi connectivity index (χ2n) is 6.15. The fraction of sp³-hybridized carbons (Fsp3) is 0.824. The normalized spacial score (nSPS) is 20.8. The van der Waals surface area contributed by atoms with E-state index in [2.05, 4.69) is 53.4 Å². The molecule has 0 aromatic rings. The highest BCUT2D eigenvalue weighted by atomic mass is 16.5. The lowest BCUT2D eigenvalue weighted by Crippen LogP contribution is -2.46. The lowest BCUT2D eigenvalue weighted by atomic mass is 10.2. The highest BCUT2D eigenvalue weighted by Crippen LogP contribution is 2.08. The number of rotatable bonds is 8. The van der Waals surface area contributed by atoms with Gasteiger partial charge in [0, 0.05) is 32.7 Å². The number of hydrogen-bond acceptors (Lipinski definition) is 3. The van der Waals surface area contributed by atoms with Gasteiger partial charge in [-0.15, -0.1) is 0 Å². The molecule has 1 fully saturated rings. The van der Waals surface area contributed by atoms with Gasteiger partial charge in [-0.3, -0.25) is 9.89 Å². The van der Waals surface area contributed by atoms with Gasteiger partial charge in [0.1, 0.15) is 0 Å². The van der Waals surface area contributed by atoms with Crippen LogP contribution in [-0.4, -0.2) is 62.8 Å². The lowest BCUT2D eigenvalue weighted by molar-refractivity contribution is -0.0261. The molecule has 0 amide bonds. The van der Waals surface area contributed by atoms with E-state index >= 15 is 0 Å². The molecule has 1 aliphatic heterocycles. The van der Waals surface area contributed by atoms with Gasteiger partial charge in [0.15, 0.2) is 5.96 Å². The van der Waals surface area contributed by atoms with Crippen LogP contribution in [0, 0.1) is 5.92 Å². The third kappa shape index (κ3) is 8.39. The van der Waals surface area contributed by atoms with Crippen molar-refractivity contribution in [2.45, 2.75) is 40.2 Å². The molecule has 1 rings (SSSR count). The number of guanidine groups is 1. The third-order valence-corrected chi connectivity index (χ3v) is 3.48. The molecular formula is C17H34N4O. The van der Waals surface area contributed by atoms with E-state index in [4.69, 9.17) is 4.74 Å². The van der Waals surface area contributed by atoms with Crippen LogP contribution in [0.4, 0.5) is 0 Å². The van der Waals surface area contributed by atoms with Crippen LogP contribution in [-0.2, 0) is 4.74 Å². The highest BCUT2D eigenvalue weighted by molar-refractivity contribution is 5.79. The molecule has 1 atom stereocenters. The Morgan fingerprint density at radius 1 is 1.41 bits per heavy atom. The maximum atomic E-state index is 5.85. The summed E-state index contributed by atoms with van der Waals surface area (Å²) in [6, 6.07) is 0. The molecule has 5 heteroatoms. The first-order chi connectivity index (χ1) is 10.7. The first kappa shape index (κ1) is 19.0. The van der Waals surface area contributed by atoms with E-state index in [1.54, 1.807) is 0 Å². The number of nitrogens with one attached hydrogen (secondary N) is 2. The Morgan fingerprint density at radius 2 is 2.23 bits per heavy atom. The topological polar surface area (TPSA) is 48.9 Å². The average molecular weight is 310 g/mol. The summed E-state index contributed by atoms with van der Waals surface area (Å²) in [5.41, 5.74) is 0.